The van der Waals surface area contributed by atoms with Gasteiger partial charge in [0.25, 0.3) is 0 Å². The van der Waals surface area contributed by atoms with E-state index in [0.29, 0.717) is 6.42 Å². The highest BCUT2D eigenvalue weighted by Gasteiger charge is 2.33. The van der Waals surface area contributed by atoms with E-state index in [1.807, 2.05) is 6.92 Å². The normalized spacial score (nSPS) is 12.5. The molecule has 0 aromatic rings. The first-order chi connectivity index (χ1) is 43.5. The zero-order valence-corrected chi connectivity index (χ0v) is 52.3. The predicted octanol–water partition coefficient (Wildman–Crippen LogP) is -1.46. The van der Waals surface area contributed by atoms with Crippen molar-refractivity contribution < 1.29 is 125 Å². The van der Waals surface area contributed by atoms with Crippen molar-refractivity contribution in [3.05, 3.63) is 89.1 Å². The van der Waals surface area contributed by atoms with Crippen LogP contribution in [0.4, 0.5) is 0 Å². The van der Waals surface area contributed by atoms with Crippen molar-refractivity contribution in [2.75, 3.05) is 206 Å². The van der Waals surface area contributed by atoms with Crippen molar-refractivity contribution in [3.8, 4) is 0 Å². The molecule has 520 valence electrons. The number of carbonyl (C=O) groups is 6. The number of nitrogens with one attached hydrogen (secondary N) is 6. The van der Waals surface area contributed by atoms with Crippen LogP contribution in [0.2, 0.25) is 0 Å². The molecule has 0 spiro atoms. The summed E-state index contributed by atoms with van der Waals surface area (Å²) in [6.45, 7) is 31.3. The van der Waals surface area contributed by atoms with Gasteiger partial charge in [-0.3, -0.25) is 34.0 Å². The second kappa shape index (κ2) is 64.7. The molecule has 0 aliphatic carbocycles. The Kier molecular flexibility index (Phi) is 63.6. The van der Waals surface area contributed by atoms with E-state index in [9.17, 15) is 44.1 Å². The Morgan fingerprint density at radius 3 is 0.722 bits per heavy atom. The fourth-order valence-electron chi connectivity index (χ4n) is 6.03. The molecule has 0 aromatic heterocycles. The van der Waals surface area contributed by atoms with E-state index >= 15 is 0 Å². The average molecular weight is 1300 g/mol. The molecule has 0 bridgehead atoms. The first-order valence-corrected chi connectivity index (χ1v) is 28.4. The van der Waals surface area contributed by atoms with Crippen LogP contribution in [0.25, 0.3) is 0 Å². The van der Waals surface area contributed by atoms with E-state index in [4.69, 9.17) is 76.3 Å². The molecule has 0 aromatic carbocycles. The van der Waals surface area contributed by atoms with E-state index in [2.05, 4.69) is 89.4 Å². The van der Waals surface area contributed by atoms with Crippen LogP contribution in [0, 0.1) is 10.8 Å². The molecule has 10 N–H and O–H groups in total. The molecule has 3 unspecified atom stereocenters. The highest BCUT2D eigenvalue weighted by Crippen LogP contribution is 2.24. The third kappa shape index (κ3) is 57.4. The Hall–Kier alpha value is -5.80. The van der Waals surface area contributed by atoms with Crippen LogP contribution in [-0.2, 0) is 105 Å². The van der Waals surface area contributed by atoms with Crippen LogP contribution < -0.4 is 31.9 Å². The summed E-state index contributed by atoms with van der Waals surface area (Å²) in [7, 11) is 0. The number of hydrogen-bond donors (Lipinski definition) is 10. The average Bonchev–Trinajstić information content (AvgIpc) is 2.56. The van der Waals surface area contributed by atoms with Gasteiger partial charge >= 0.3 is 0 Å². The van der Waals surface area contributed by atoms with E-state index in [0.717, 1.165) is 36.5 Å². The molecule has 0 aliphatic heterocycles. The molecule has 90 heavy (non-hydrogen) atoms. The van der Waals surface area contributed by atoms with Crippen LogP contribution in [-0.4, -0.2) is 280 Å². The number of aliphatic hydroxyl groups excluding tert-OH is 3. The summed E-state index contributed by atoms with van der Waals surface area (Å²) >= 11 is 0. The minimum Gasteiger partial charge on any atom is -0.388 e. The Morgan fingerprint density at radius 1 is 0.322 bits per heavy atom. The van der Waals surface area contributed by atoms with Crippen LogP contribution in [0.1, 0.15) is 13.3 Å². The van der Waals surface area contributed by atoms with Crippen molar-refractivity contribution in [1.29, 1.82) is 0 Å². The second-order valence-corrected chi connectivity index (χ2v) is 18.3. The summed E-state index contributed by atoms with van der Waals surface area (Å²) in [5, 5.41) is 53.8. The van der Waals surface area contributed by atoms with Crippen molar-refractivity contribution in [2.45, 2.75) is 31.7 Å². The van der Waals surface area contributed by atoms with Crippen molar-refractivity contribution in [1.82, 2.24) is 31.9 Å². The summed E-state index contributed by atoms with van der Waals surface area (Å²) in [5.41, 5.74) is -1.42. The summed E-state index contributed by atoms with van der Waals surface area (Å²) in [5.74, 6) is -2.20. The molecule has 6 amide bonds. The lowest BCUT2D eigenvalue weighted by molar-refractivity contribution is -0.277. The Bertz CT molecular complexity index is 1700. The number of hydrogen-bond acceptors (Lipinski definition) is 26. The monoisotopic (exact) mass is 1300 g/mol. The van der Waals surface area contributed by atoms with E-state index in [-0.39, 0.29) is 241 Å². The highest BCUT2D eigenvalue weighted by atomic mass is 17.1. The van der Waals surface area contributed by atoms with Gasteiger partial charge in [0.05, 0.1) is 171 Å². The number of ether oxygens (including phenoxy) is 15. The second-order valence-electron chi connectivity index (χ2n) is 18.3. The number of amides is 6. The minimum absolute atomic E-state index is 0.00579. The van der Waals surface area contributed by atoms with Gasteiger partial charge in [0, 0.05) is 5.41 Å². The van der Waals surface area contributed by atoms with Crippen LogP contribution >= 0.6 is 0 Å². The van der Waals surface area contributed by atoms with Gasteiger partial charge in [0.2, 0.25) is 35.4 Å². The van der Waals surface area contributed by atoms with Gasteiger partial charge in [-0.05, 0) is 42.9 Å². The molecule has 0 aliphatic rings. The SMILES string of the molecule is C=C.C=CC(=O)NCOCC(O)COCCOCC(CC)(COCCOCC(O)COCNC(=O)C=C)COCCOCC(O)COCNC(=O)C=C.C=CC(=O)NCOCCOCC(COO)(COCCOCNC(=O)C=C)COCCOCNC(=O)C=C. The molecule has 3 atom stereocenters. The third-order valence-corrected chi connectivity index (χ3v) is 10.9. The quantitative estimate of drug-likeness (QED) is 0.00830. The largest absolute Gasteiger partial charge is 0.388 e. The molecule has 0 radical (unpaired) electrons. The highest BCUT2D eigenvalue weighted by molar-refractivity contribution is 5.88. The number of rotatable bonds is 63. The molecule has 0 saturated heterocycles. The van der Waals surface area contributed by atoms with E-state index < -0.39 is 29.1 Å². The number of aliphatic hydroxyl groups is 3. The maximum atomic E-state index is 11.1. The van der Waals surface area contributed by atoms with Crippen molar-refractivity contribution in [2.24, 2.45) is 10.8 Å². The first kappa shape index (κ1) is 88.4. The Balaban J connectivity index is -0.00000172. The van der Waals surface area contributed by atoms with Crippen LogP contribution in [0.3, 0.4) is 0 Å². The van der Waals surface area contributed by atoms with Crippen molar-refractivity contribution >= 4 is 35.4 Å². The maximum absolute atomic E-state index is 11.1. The molecule has 0 heterocycles. The molecular formula is C58H102N6O26. The lowest BCUT2D eigenvalue weighted by Gasteiger charge is -2.32. The molecule has 32 nitrogen and oxygen atoms in total. The molecular weight excluding hydrogens is 1200 g/mol. The fourth-order valence-corrected chi connectivity index (χ4v) is 6.03. The predicted molar refractivity (Wildman–Crippen MR) is 325 cm³/mol. The van der Waals surface area contributed by atoms with Gasteiger partial charge in [0.1, 0.15) is 58.7 Å². The lowest BCUT2D eigenvalue weighted by Crippen LogP contribution is -2.42. The first-order valence-electron chi connectivity index (χ1n) is 28.4. The van der Waals surface area contributed by atoms with Crippen LogP contribution in [0.15, 0.2) is 89.1 Å². The summed E-state index contributed by atoms with van der Waals surface area (Å²) < 4.78 is 82.3. The molecule has 0 fully saturated rings. The van der Waals surface area contributed by atoms with Gasteiger partial charge in [-0.1, -0.05) is 46.4 Å². The zero-order chi connectivity index (χ0) is 67.6. The third-order valence-electron chi connectivity index (χ3n) is 10.9. The molecule has 32 heteroatoms. The smallest absolute Gasteiger partial charge is 0.245 e. The van der Waals surface area contributed by atoms with Gasteiger partial charge < -0.3 is 118 Å². The van der Waals surface area contributed by atoms with Gasteiger partial charge in [-0.25, -0.2) is 4.89 Å². The minimum atomic E-state index is -0.889. The standard InChI is InChI=1S/C33H59N3O15.C23H39N3O11.C2H4/c1-5-30(40)34-24-49-18-27(37)15-43-9-12-46-21-33(8-4,22-47-13-10-44-16-28(38)19-50-25-35-31(41)6-2)23-48-14-11-45-17-29(39)20-51-26-36-32(42)7-3;1-4-20(27)24-17-34-10-7-31-13-23(16-37-30,14-32-8-11-35-18-25-21(28)5-2)15-33-9-12-36-19-26-22(29)6-3;1-2/h5-7,27-29,37-39H,1-3,8-26H2,4H3,(H,34,40)(H,35,41)(H,36,42);4-6,30H,1-3,7-19H2,(H,24,27)(H,25,28)(H,26,29);1-2H2. The van der Waals surface area contributed by atoms with E-state index in [1.165, 1.54) is 0 Å². The summed E-state index contributed by atoms with van der Waals surface area (Å²) in [6, 6.07) is 0. The Labute approximate surface area is 528 Å². The zero-order valence-electron chi connectivity index (χ0n) is 52.3. The van der Waals surface area contributed by atoms with Gasteiger partial charge in [-0.2, -0.15) is 0 Å². The lowest BCUT2D eigenvalue weighted by atomic mass is 9.88. The summed E-state index contributed by atoms with van der Waals surface area (Å²) in [4.78, 5) is 71.0. The molecule has 0 saturated carbocycles. The fraction of sp³-hybridized carbons (Fsp3) is 0.655. The summed E-state index contributed by atoms with van der Waals surface area (Å²) in [6.07, 6.45) is 4.74. The Morgan fingerprint density at radius 2 is 0.511 bits per heavy atom. The van der Waals surface area contributed by atoms with Crippen LogP contribution in [0.5, 0.6) is 0 Å². The number of carbonyl (C=O) groups excluding carboxylic acids is 6. The maximum Gasteiger partial charge on any atom is 0.245 e. The van der Waals surface area contributed by atoms with Crippen molar-refractivity contribution in [3.63, 3.8) is 0 Å². The van der Waals surface area contributed by atoms with Gasteiger partial charge in [-0.15, -0.1) is 13.2 Å². The topological polar surface area (TPSA) is 403 Å². The van der Waals surface area contributed by atoms with Gasteiger partial charge in [0.15, 0.2) is 0 Å². The van der Waals surface area contributed by atoms with E-state index in [1.54, 1.807) is 0 Å². The molecule has 0 rings (SSSR count).